The number of hydrogen-bond acceptors (Lipinski definition) is 9. The van der Waals surface area contributed by atoms with Gasteiger partial charge < -0.3 is 21.3 Å². The highest BCUT2D eigenvalue weighted by Gasteiger charge is 2.15. The lowest BCUT2D eigenvalue weighted by Gasteiger charge is -2.13. The van der Waals surface area contributed by atoms with E-state index in [0.29, 0.717) is 11.3 Å². The molecule has 1 heterocycles. The van der Waals surface area contributed by atoms with Crippen LogP contribution in [0.3, 0.4) is 0 Å². The van der Waals surface area contributed by atoms with Gasteiger partial charge in [0.15, 0.2) is 6.17 Å². The topological polar surface area (TPSA) is 158 Å². The molecule has 5 N–H and O–H groups in total. The van der Waals surface area contributed by atoms with Gasteiger partial charge >= 0.3 is 0 Å². The third kappa shape index (κ3) is 7.08. The van der Waals surface area contributed by atoms with Crippen molar-refractivity contribution < 1.29 is 22.2 Å². The van der Waals surface area contributed by atoms with Gasteiger partial charge in [0.1, 0.15) is 0 Å². The fraction of sp³-hybridized carbons (Fsp3) is 0.238. The maximum absolute atomic E-state index is 13.0. The Kier molecular flexibility index (Phi) is 7.91. The first-order valence-corrected chi connectivity index (χ1v) is 11.6. The molecule has 13 heteroatoms. The fourth-order valence-electron chi connectivity index (χ4n) is 2.80. The van der Waals surface area contributed by atoms with E-state index < -0.39 is 22.2 Å². The summed E-state index contributed by atoms with van der Waals surface area (Å²) < 4.78 is 45.6. The van der Waals surface area contributed by atoms with Gasteiger partial charge in [-0.15, -0.1) is 0 Å². The maximum Gasteiger partial charge on any atom is 0.294 e. The molecule has 1 amide bonds. The molecule has 34 heavy (non-hydrogen) atoms. The Labute approximate surface area is 196 Å². The highest BCUT2D eigenvalue weighted by atomic mass is 32.2. The van der Waals surface area contributed by atoms with Crippen LogP contribution in [0.4, 0.5) is 33.6 Å². The number of hydrogen-bond donors (Lipinski definition) is 5. The van der Waals surface area contributed by atoms with E-state index >= 15 is 0 Å². The van der Waals surface area contributed by atoms with Crippen molar-refractivity contribution in [3.8, 4) is 0 Å². The first kappa shape index (κ1) is 24.8. The van der Waals surface area contributed by atoms with E-state index in [0.717, 1.165) is 12.6 Å². The van der Waals surface area contributed by atoms with Crippen LogP contribution in [-0.4, -0.2) is 53.1 Å². The summed E-state index contributed by atoms with van der Waals surface area (Å²) in [4.78, 5) is 24.0. The minimum absolute atomic E-state index is 0.0856. The molecule has 0 radical (unpaired) electrons. The third-order valence-electron chi connectivity index (χ3n) is 4.46. The minimum atomic E-state index is -4.41. The molecule has 0 saturated carbocycles. The van der Waals surface area contributed by atoms with E-state index in [4.69, 9.17) is 0 Å². The van der Waals surface area contributed by atoms with E-state index in [2.05, 4.69) is 36.2 Å². The summed E-state index contributed by atoms with van der Waals surface area (Å²) in [5.74, 6) is -0.293. The second kappa shape index (κ2) is 10.9. The van der Waals surface area contributed by atoms with E-state index in [1.54, 1.807) is 13.0 Å². The number of rotatable bonds is 10. The van der Waals surface area contributed by atoms with Crippen LogP contribution < -0.4 is 21.3 Å². The summed E-state index contributed by atoms with van der Waals surface area (Å²) in [5, 5.41) is 11.3. The standard InChI is InChI=1S/C21H24FN7O4S/c1-13-8-9-16(12-17(13)34(31,32)33)26-21-28-19(24-11-10-23-18(30)14(2)22)27-20(29-21)25-15-6-4-3-5-7-15/h3-9,12,14H,10-11H2,1-2H3,(H,23,30)(H,31,32,33)(H3,24,25,26,27,28,29)/i22-1. The van der Waals surface area contributed by atoms with Crippen LogP contribution in [0.25, 0.3) is 0 Å². The summed E-state index contributed by atoms with van der Waals surface area (Å²) in [6.45, 7) is 3.05. The summed E-state index contributed by atoms with van der Waals surface area (Å²) >= 11 is 0. The molecule has 1 unspecified atom stereocenters. The maximum atomic E-state index is 13.0. The van der Waals surface area contributed by atoms with E-state index in [1.807, 2.05) is 30.3 Å². The number of benzene rings is 2. The number of aromatic nitrogens is 3. The first-order valence-electron chi connectivity index (χ1n) is 10.2. The van der Waals surface area contributed by atoms with E-state index in [1.165, 1.54) is 12.1 Å². The summed E-state index contributed by atoms with van der Waals surface area (Å²) in [6, 6.07) is 13.6. The first-order chi connectivity index (χ1) is 16.1. The molecule has 0 aliphatic heterocycles. The van der Waals surface area contributed by atoms with Crippen molar-refractivity contribution in [1.29, 1.82) is 0 Å². The van der Waals surface area contributed by atoms with Gasteiger partial charge in [0.2, 0.25) is 17.8 Å². The molecule has 0 aliphatic rings. The number of halogens is 1. The van der Waals surface area contributed by atoms with Crippen molar-refractivity contribution in [2.75, 3.05) is 29.0 Å². The summed E-state index contributed by atoms with van der Waals surface area (Å²) in [6.07, 6.45) is -1.61. The zero-order chi connectivity index (χ0) is 24.7. The SMILES string of the molecule is Cc1ccc(Nc2nc(NCCNC(=O)C(C)[18F])nc(Nc3ccccc3)n2)cc1S(=O)(=O)O. The Morgan fingerprint density at radius 2 is 1.59 bits per heavy atom. The van der Waals surface area contributed by atoms with Crippen LogP contribution in [-0.2, 0) is 14.9 Å². The second-order valence-electron chi connectivity index (χ2n) is 7.21. The van der Waals surface area contributed by atoms with Gasteiger partial charge in [-0.1, -0.05) is 24.3 Å². The third-order valence-corrected chi connectivity index (χ3v) is 5.45. The number of anilines is 5. The molecule has 2 aromatic carbocycles. The van der Waals surface area contributed by atoms with Gasteiger partial charge in [0.25, 0.3) is 16.0 Å². The predicted octanol–water partition coefficient (Wildman–Crippen LogP) is 2.80. The quantitative estimate of drug-likeness (QED) is 0.212. The monoisotopic (exact) mass is 488 g/mol. The second-order valence-corrected chi connectivity index (χ2v) is 8.60. The van der Waals surface area contributed by atoms with Crippen molar-refractivity contribution in [2.24, 2.45) is 0 Å². The molecule has 11 nitrogen and oxygen atoms in total. The number of carbonyl (C=O) groups excluding carboxylic acids is 1. The average Bonchev–Trinajstić information content (AvgIpc) is 2.77. The molecule has 0 aliphatic carbocycles. The van der Waals surface area contributed by atoms with Crippen LogP contribution in [0.1, 0.15) is 12.5 Å². The van der Waals surface area contributed by atoms with Crippen molar-refractivity contribution in [1.82, 2.24) is 20.3 Å². The van der Waals surface area contributed by atoms with E-state index in [-0.39, 0.29) is 35.8 Å². The van der Waals surface area contributed by atoms with Crippen LogP contribution in [0.2, 0.25) is 0 Å². The highest BCUT2D eigenvalue weighted by molar-refractivity contribution is 7.85. The number of nitrogens with zero attached hydrogens (tertiary/aromatic N) is 3. The van der Waals surface area contributed by atoms with Gasteiger partial charge in [-0.2, -0.15) is 23.4 Å². The lowest BCUT2D eigenvalue weighted by Crippen LogP contribution is -2.34. The van der Waals surface area contributed by atoms with Crippen LogP contribution in [0.15, 0.2) is 53.4 Å². The Morgan fingerprint density at radius 3 is 2.21 bits per heavy atom. The fourth-order valence-corrected chi connectivity index (χ4v) is 3.55. The van der Waals surface area contributed by atoms with Crippen molar-refractivity contribution >= 4 is 45.2 Å². The number of para-hydroxylation sites is 1. The largest absolute Gasteiger partial charge is 0.352 e. The molecular weight excluding hydrogens is 464 g/mol. The zero-order valence-corrected chi connectivity index (χ0v) is 19.2. The smallest absolute Gasteiger partial charge is 0.294 e. The Hall–Kier alpha value is -3.84. The molecule has 3 rings (SSSR count). The Morgan fingerprint density at radius 1 is 0.971 bits per heavy atom. The van der Waals surface area contributed by atoms with Gasteiger partial charge in [0.05, 0.1) is 4.90 Å². The lowest BCUT2D eigenvalue weighted by atomic mass is 10.2. The summed E-state index contributed by atoms with van der Waals surface area (Å²) in [5.41, 5.74) is 1.42. The normalized spacial score (nSPS) is 12.0. The van der Waals surface area contributed by atoms with Gasteiger partial charge in [0, 0.05) is 24.5 Å². The zero-order valence-electron chi connectivity index (χ0n) is 18.4. The Bertz CT molecular complexity index is 1260. The number of amides is 1. The van der Waals surface area contributed by atoms with Gasteiger partial charge in [-0.25, -0.2) is 4.39 Å². The lowest BCUT2D eigenvalue weighted by molar-refractivity contribution is -0.125. The van der Waals surface area contributed by atoms with Crippen LogP contribution in [0.5, 0.6) is 0 Å². The highest BCUT2D eigenvalue weighted by Crippen LogP contribution is 2.23. The molecule has 0 saturated heterocycles. The molecular formula is C21H24FN7O4S. The molecule has 1 atom stereocenters. The molecule has 180 valence electrons. The molecule has 1 aromatic heterocycles. The minimum Gasteiger partial charge on any atom is -0.352 e. The number of carbonyl (C=O) groups is 1. The molecule has 3 aromatic rings. The van der Waals surface area contributed by atoms with E-state index in [9.17, 15) is 22.2 Å². The van der Waals surface area contributed by atoms with Crippen molar-refractivity contribution in [3.63, 3.8) is 0 Å². The van der Waals surface area contributed by atoms with Crippen LogP contribution in [0, 0.1) is 6.92 Å². The van der Waals surface area contributed by atoms with Crippen LogP contribution >= 0.6 is 0 Å². The van der Waals surface area contributed by atoms with Crippen molar-refractivity contribution in [2.45, 2.75) is 24.9 Å². The van der Waals surface area contributed by atoms with Gasteiger partial charge in [-0.05, 0) is 43.7 Å². The predicted molar refractivity (Wildman–Crippen MR) is 126 cm³/mol. The van der Waals surface area contributed by atoms with Gasteiger partial charge in [-0.3, -0.25) is 9.35 Å². The molecule has 0 fully saturated rings. The Balaban J connectivity index is 1.83. The number of aryl methyl sites for hydroxylation is 1. The number of nitrogens with one attached hydrogen (secondary N) is 4. The average molecular weight is 489 g/mol. The number of alkyl halides is 1. The van der Waals surface area contributed by atoms with Crippen molar-refractivity contribution in [3.05, 3.63) is 54.1 Å². The molecule has 0 bridgehead atoms. The molecule has 0 spiro atoms. The summed E-state index contributed by atoms with van der Waals surface area (Å²) in [7, 11) is -4.41.